The number of hydrogen-bond donors (Lipinski definition) is 1. The Bertz CT molecular complexity index is 359. The Hall–Kier alpha value is -1.06. The van der Waals surface area contributed by atoms with Gasteiger partial charge in [-0.2, -0.15) is 0 Å². The van der Waals surface area contributed by atoms with Gasteiger partial charge in [-0.05, 0) is 30.5 Å². The summed E-state index contributed by atoms with van der Waals surface area (Å²) < 4.78 is 11.2. The van der Waals surface area contributed by atoms with Crippen molar-refractivity contribution in [1.82, 2.24) is 0 Å². The molecule has 1 fully saturated rings. The van der Waals surface area contributed by atoms with Crippen LogP contribution in [-0.2, 0) is 17.9 Å². The van der Waals surface area contributed by atoms with E-state index in [2.05, 4.69) is 6.07 Å². The molecule has 94 valence electrons. The molecule has 1 aromatic rings. The molecule has 0 amide bonds. The molecule has 0 bridgehead atoms. The van der Waals surface area contributed by atoms with Gasteiger partial charge in [-0.15, -0.1) is 0 Å². The Balaban J connectivity index is 2.01. The first-order valence-corrected chi connectivity index (χ1v) is 6.31. The minimum absolute atomic E-state index is 0.432. The normalized spacial score (nSPS) is 16.4. The fourth-order valence-corrected chi connectivity index (χ4v) is 2.33. The largest absolute Gasteiger partial charge is 0.496 e. The second kappa shape index (κ2) is 6.03. The molecule has 1 aliphatic carbocycles. The molecule has 3 nitrogen and oxygen atoms in total. The van der Waals surface area contributed by atoms with Crippen molar-refractivity contribution in [1.29, 1.82) is 0 Å². The van der Waals surface area contributed by atoms with Crippen molar-refractivity contribution in [2.75, 3.05) is 7.11 Å². The lowest BCUT2D eigenvalue weighted by atomic mass is 10.1. The smallest absolute Gasteiger partial charge is 0.124 e. The third-order valence-electron chi connectivity index (χ3n) is 3.36. The van der Waals surface area contributed by atoms with Gasteiger partial charge in [0.15, 0.2) is 0 Å². The zero-order valence-electron chi connectivity index (χ0n) is 10.4. The molecule has 0 radical (unpaired) electrons. The van der Waals surface area contributed by atoms with Gasteiger partial charge in [0.25, 0.3) is 0 Å². The molecule has 0 unspecified atom stereocenters. The van der Waals surface area contributed by atoms with Gasteiger partial charge in [0.05, 0.1) is 19.8 Å². The third-order valence-corrected chi connectivity index (χ3v) is 3.36. The van der Waals surface area contributed by atoms with E-state index >= 15 is 0 Å². The lowest BCUT2D eigenvalue weighted by Gasteiger charge is -2.14. The van der Waals surface area contributed by atoms with Crippen LogP contribution in [0.15, 0.2) is 18.2 Å². The first-order valence-electron chi connectivity index (χ1n) is 6.31. The summed E-state index contributed by atoms with van der Waals surface area (Å²) in [5.41, 5.74) is 7.87. The maximum atomic E-state index is 5.91. The van der Waals surface area contributed by atoms with Crippen molar-refractivity contribution in [3.63, 3.8) is 0 Å². The molecular formula is C14H21NO2. The monoisotopic (exact) mass is 235 g/mol. The van der Waals surface area contributed by atoms with Crippen molar-refractivity contribution < 1.29 is 9.47 Å². The van der Waals surface area contributed by atoms with E-state index in [1.54, 1.807) is 7.11 Å². The number of benzene rings is 1. The van der Waals surface area contributed by atoms with E-state index in [0.717, 1.165) is 16.9 Å². The predicted octanol–water partition coefficient (Wildman–Crippen LogP) is 2.61. The minimum atomic E-state index is 0.432. The zero-order valence-corrected chi connectivity index (χ0v) is 10.4. The summed E-state index contributed by atoms with van der Waals surface area (Å²) in [6.45, 7) is 1.18. The van der Waals surface area contributed by atoms with E-state index in [1.165, 1.54) is 25.7 Å². The van der Waals surface area contributed by atoms with Crippen LogP contribution in [0.25, 0.3) is 0 Å². The second-order valence-electron chi connectivity index (χ2n) is 4.57. The molecule has 3 heteroatoms. The Kier molecular flexibility index (Phi) is 4.40. The standard InChI is InChI=1S/C14H21NO2/c1-16-14-7-6-11(9-15)8-12(14)10-17-13-4-2-3-5-13/h6-8,13H,2-5,9-10,15H2,1H3. The van der Waals surface area contributed by atoms with Crippen molar-refractivity contribution in [2.24, 2.45) is 5.73 Å². The molecule has 1 aliphatic rings. The lowest BCUT2D eigenvalue weighted by molar-refractivity contribution is 0.0446. The van der Waals surface area contributed by atoms with Crippen LogP contribution < -0.4 is 10.5 Å². The van der Waals surface area contributed by atoms with Crippen LogP contribution in [0, 0.1) is 0 Å². The summed E-state index contributed by atoms with van der Waals surface area (Å²) in [6, 6.07) is 6.04. The SMILES string of the molecule is COc1ccc(CN)cc1COC1CCCC1. The van der Waals surface area contributed by atoms with Crippen molar-refractivity contribution in [3.05, 3.63) is 29.3 Å². The van der Waals surface area contributed by atoms with Crippen LogP contribution in [-0.4, -0.2) is 13.2 Å². The van der Waals surface area contributed by atoms with Gasteiger partial charge < -0.3 is 15.2 Å². The molecule has 0 atom stereocenters. The molecule has 0 spiro atoms. The van der Waals surface area contributed by atoms with Crippen LogP contribution in [0.1, 0.15) is 36.8 Å². The molecule has 0 heterocycles. The summed E-state index contributed by atoms with van der Waals surface area (Å²) in [6.07, 6.45) is 5.41. The molecule has 0 aliphatic heterocycles. The first kappa shape index (κ1) is 12.4. The van der Waals surface area contributed by atoms with Crippen molar-refractivity contribution in [3.8, 4) is 5.75 Å². The molecule has 0 aromatic heterocycles. The minimum Gasteiger partial charge on any atom is -0.496 e. The van der Waals surface area contributed by atoms with Gasteiger partial charge in [0, 0.05) is 12.1 Å². The van der Waals surface area contributed by atoms with Crippen molar-refractivity contribution in [2.45, 2.75) is 44.9 Å². The zero-order chi connectivity index (χ0) is 12.1. The molecule has 2 rings (SSSR count). The van der Waals surface area contributed by atoms with Gasteiger partial charge in [0.2, 0.25) is 0 Å². The fraction of sp³-hybridized carbons (Fsp3) is 0.571. The van der Waals surface area contributed by atoms with Crippen LogP contribution >= 0.6 is 0 Å². The summed E-state index contributed by atoms with van der Waals surface area (Å²) in [5, 5.41) is 0. The number of methoxy groups -OCH3 is 1. The average molecular weight is 235 g/mol. The van der Waals surface area contributed by atoms with Gasteiger partial charge in [0.1, 0.15) is 5.75 Å². The van der Waals surface area contributed by atoms with E-state index in [-0.39, 0.29) is 0 Å². The molecule has 17 heavy (non-hydrogen) atoms. The quantitative estimate of drug-likeness (QED) is 0.853. The topological polar surface area (TPSA) is 44.5 Å². The van der Waals surface area contributed by atoms with Gasteiger partial charge >= 0.3 is 0 Å². The first-order chi connectivity index (χ1) is 8.33. The maximum Gasteiger partial charge on any atom is 0.124 e. The predicted molar refractivity (Wildman–Crippen MR) is 67.9 cm³/mol. The van der Waals surface area contributed by atoms with Gasteiger partial charge in [-0.25, -0.2) is 0 Å². The van der Waals surface area contributed by atoms with Crippen LogP contribution in [0.3, 0.4) is 0 Å². The highest BCUT2D eigenvalue weighted by Crippen LogP contribution is 2.25. The van der Waals surface area contributed by atoms with E-state index in [4.69, 9.17) is 15.2 Å². The summed E-state index contributed by atoms with van der Waals surface area (Å²) >= 11 is 0. The molecule has 1 aromatic carbocycles. The highest BCUT2D eigenvalue weighted by molar-refractivity contribution is 5.36. The number of ether oxygens (including phenoxy) is 2. The summed E-state index contributed by atoms with van der Waals surface area (Å²) in [4.78, 5) is 0. The van der Waals surface area contributed by atoms with E-state index in [0.29, 0.717) is 19.3 Å². The highest BCUT2D eigenvalue weighted by Gasteiger charge is 2.16. The van der Waals surface area contributed by atoms with Crippen LogP contribution in [0.5, 0.6) is 5.75 Å². The van der Waals surface area contributed by atoms with E-state index in [9.17, 15) is 0 Å². The summed E-state index contributed by atoms with van der Waals surface area (Å²) in [7, 11) is 1.69. The van der Waals surface area contributed by atoms with Crippen LogP contribution in [0.2, 0.25) is 0 Å². The molecule has 0 saturated heterocycles. The third kappa shape index (κ3) is 3.20. The number of hydrogen-bond acceptors (Lipinski definition) is 3. The number of rotatable bonds is 5. The van der Waals surface area contributed by atoms with E-state index < -0.39 is 0 Å². The maximum absolute atomic E-state index is 5.91. The average Bonchev–Trinajstić information content (AvgIpc) is 2.89. The molecule has 2 N–H and O–H groups in total. The van der Waals surface area contributed by atoms with Gasteiger partial charge in [-0.3, -0.25) is 0 Å². The Morgan fingerprint density at radius 3 is 2.71 bits per heavy atom. The highest BCUT2D eigenvalue weighted by atomic mass is 16.5. The lowest BCUT2D eigenvalue weighted by Crippen LogP contribution is -2.08. The molecular weight excluding hydrogens is 214 g/mol. The Morgan fingerprint density at radius 2 is 2.06 bits per heavy atom. The van der Waals surface area contributed by atoms with Crippen molar-refractivity contribution >= 4 is 0 Å². The van der Waals surface area contributed by atoms with E-state index in [1.807, 2.05) is 12.1 Å². The molecule has 1 saturated carbocycles. The van der Waals surface area contributed by atoms with Crippen LogP contribution in [0.4, 0.5) is 0 Å². The second-order valence-corrected chi connectivity index (χ2v) is 4.57. The fourth-order valence-electron chi connectivity index (χ4n) is 2.33. The summed E-state index contributed by atoms with van der Waals surface area (Å²) in [5.74, 6) is 0.889. The Labute approximate surface area is 103 Å². The number of nitrogens with two attached hydrogens (primary N) is 1. The van der Waals surface area contributed by atoms with Gasteiger partial charge in [-0.1, -0.05) is 18.9 Å². The Morgan fingerprint density at radius 1 is 1.29 bits per heavy atom.